The average molecular weight is 282 g/mol. The van der Waals surface area contributed by atoms with Crippen LogP contribution in [-0.4, -0.2) is 18.2 Å². The second kappa shape index (κ2) is 6.75. The summed E-state index contributed by atoms with van der Waals surface area (Å²) in [7, 11) is 1.56. The minimum Gasteiger partial charge on any atom is -0.497 e. The zero-order valence-electron chi connectivity index (χ0n) is 12.2. The molecule has 0 amide bonds. The number of carbonyl (C=O) groups is 1. The van der Waals surface area contributed by atoms with Crippen molar-refractivity contribution in [2.24, 2.45) is 0 Å². The summed E-state index contributed by atoms with van der Waals surface area (Å²) in [5.74, 6) is -0.316. The number of ether oxygens (including phenoxy) is 1. The first kappa shape index (κ1) is 14.9. The maximum Gasteiger partial charge on any atom is 0.336 e. The molecule has 0 spiro atoms. The quantitative estimate of drug-likeness (QED) is 0.668. The molecule has 0 heterocycles. The first-order valence-corrected chi connectivity index (χ1v) is 6.82. The molecule has 2 rings (SSSR count). The van der Waals surface area contributed by atoms with E-state index >= 15 is 0 Å². The number of carboxylic acids is 1. The lowest BCUT2D eigenvalue weighted by molar-refractivity contribution is -0.130. The van der Waals surface area contributed by atoms with Crippen LogP contribution in [0, 0.1) is 0 Å². The van der Waals surface area contributed by atoms with Gasteiger partial charge < -0.3 is 9.84 Å². The van der Waals surface area contributed by atoms with Crippen LogP contribution in [0.4, 0.5) is 0 Å². The van der Waals surface area contributed by atoms with Crippen molar-refractivity contribution in [1.82, 2.24) is 0 Å². The minimum absolute atomic E-state index is 0.248. The van der Waals surface area contributed by atoms with Crippen LogP contribution in [0.3, 0.4) is 0 Å². The van der Waals surface area contributed by atoms with Crippen LogP contribution in [0.15, 0.2) is 48.5 Å². The summed E-state index contributed by atoms with van der Waals surface area (Å²) >= 11 is 0. The molecule has 3 nitrogen and oxygen atoms in total. The van der Waals surface area contributed by atoms with Crippen LogP contribution in [0.25, 0.3) is 11.6 Å². The fraction of sp³-hybridized carbons (Fsp3) is 0.167. The molecule has 0 saturated carbocycles. The third-order valence-corrected chi connectivity index (χ3v) is 3.31. The van der Waals surface area contributed by atoms with E-state index in [0.29, 0.717) is 11.3 Å². The van der Waals surface area contributed by atoms with E-state index in [1.165, 1.54) is 5.56 Å². The molecule has 0 radical (unpaired) electrons. The van der Waals surface area contributed by atoms with Crippen molar-refractivity contribution in [2.75, 3.05) is 7.11 Å². The van der Waals surface area contributed by atoms with Crippen molar-refractivity contribution in [1.29, 1.82) is 0 Å². The number of hydrogen-bond acceptors (Lipinski definition) is 2. The largest absolute Gasteiger partial charge is 0.497 e. The van der Waals surface area contributed by atoms with Crippen molar-refractivity contribution in [3.63, 3.8) is 0 Å². The molecule has 0 aromatic heterocycles. The maximum absolute atomic E-state index is 11.5. The monoisotopic (exact) mass is 282 g/mol. The van der Waals surface area contributed by atoms with Gasteiger partial charge in [0.1, 0.15) is 5.75 Å². The number of methoxy groups -OCH3 is 1. The van der Waals surface area contributed by atoms with E-state index < -0.39 is 5.97 Å². The molecular weight excluding hydrogens is 264 g/mol. The predicted octanol–water partition coefficient (Wildman–Crippen LogP) is 3.88. The zero-order chi connectivity index (χ0) is 15.2. The van der Waals surface area contributed by atoms with Gasteiger partial charge in [0.05, 0.1) is 12.7 Å². The second-order valence-electron chi connectivity index (χ2n) is 4.69. The Kier molecular flexibility index (Phi) is 4.77. The molecule has 0 aliphatic rings. The van der Waals surface area contributed by atoms with Gasteiger partial charge in [-0.3, -0.25) is 0 Å². The van der Waals surface area contributed by atoms with E-state index in [1.807, 2.05) is 24.3 Å². The minimum atomic E-state index is -0.956. The van der Waals surface area contributed by atoms with Gasteiger partial charge in [-0.05, 0) is 41.3 Å². The average Bonchev–Trinajstić information content (AvgIpc) is 2.53. The predicted molar refractivity (Wildman–Crippen MR) is 84.3 cm³/mol. The summed E-state index contributed by atoms with van der Waals surface area (Å²) in [6.45, 7) is 2.09. The van der Waals surface area contributed by atoms with Crippen LogP contribution in [0.1, 0.15) is 23.6 Å². The molecule has 3 heteroatoms. The van der Waals surface area contributed by atoms with Gasteiger partial charge in [-0.1, -0.05) is 43.3 Å². The number of hydrogen-bond donors (Lipinski definition) is 1. The van der Waals surface area contributed by atoms with E-state index in [2.05, 4.69) is 6.92 Å². The highest BCUT2D eigenvalue weighted by Gasteiger charge is 2.11. The van der Waals surface area contributed by atoms with E-state index in [-0.39, 0.29) is 5.57 Å². The Bertz CT molecular complexity index is 654. The summed E-state index contributed by atoms with van der Waals surface area (Å²) < 4.78 is 5.15. The number of aryl methyl sites for hydroxylation is 1. The molecule has 0 aliphatic heterocycles. The first-order chi connectivity index (χ1) is 10.1. The molecule has 0 unspecified atom stereocenters. The highest BCUT2D eigenvalue weighted by atomic mass is 16.5. The molecule has 1 N–H and O–H groups in total. The summed E-state index contributed by atoms with van der Waals surface area (Å²) in [4.78, 5) is 11.5. The van der Waals surface area contributed by atoms with Gasteiger partial charge in [-0.2, -0.15) is 0 Å². The molecule has 108 valence electrons. The third kappa shape index (κ3) is 3.72. The zero-order valence-corrected chi connectivity index (χ0v) is 12.2. The Labute approximate surface area is 124 Å². The normalized spacial score (nSPS) is 11.2. The lowest BCUT2D eigenvalue weighted by Gasteiger charge is -2.06. The molecule has 21 heavy (non-hydrogen) atoms. The fourth-order valence-corrected chi connectivity index (χ4v) is 2.08. The van der Waals surface area contributed by atoms with Gasteiger partial charge in [0.2, 0.25) is 0 Å². The number of carboxylic acid groups (broad SMARTS) is 1. The molecule has 0 saturated heterocycles. The van der Waals surface area contributed by atoms with Crippen LogP contribution in [0.5, 0.6) is 5.75 Å². The highest BCUT2D eigenvalue weighted by Crippen LogP contribution is 2.23. The maximum atomic E-state index is 11.5. The van der Waals surface area contributed by atoms with E-state index in [0.717, 1.165) is 12.0 Å². The Balaban J connectivity index is 2.41. The lowest BCUT2D eigenvalue weighted by Crippen LogP contribution is -2.00. The topological polar surface area (TPSA) is 46.5 Å². The van der Waals surface area contributed by atoms with E-state index in [9.17, 15) is 9.90 Å². The lowest BCUT2D eigenvalue weighted by atomic mass is 10.0. The number of benzene rings is 2. The smallest absolute Gasteiger partial charge is 0.336 e. The molecule has 0 aliphatic carbocycles. The van der Waals surface area contributed by atoms with Crippen molar-refractivity contribution in [3.05, 3.63) is 65.2 Å². The molecule has 2 aromatic rings. The van der Waals surface area contributed by atoms with Crippen LogP contribution < -0.4 is 4.74 Å². The SMILES string of the molecule is CCc1ccc(/C=C(/C(=O)O)c2cccc(OC)c2)cc1. The summed E-state index contributed by atoms with van der Waals surface area (Å²) in [5.41, 5.74) is 2.97. The molecular formula is C18H18O3. The van der Waals surface area contributed by atoms with Gasteiger partial charge >= 0.3 is 5.97 Å². The van der Waals surface area contributed by atoms with Crippen LogP contribution in [-0.2, 0) is 11.2 Å². The van der Waals surface area contributed by atoms with E-state index in [1.54, 1.807) is 37.5 Å². The highest BCUT2D eigenvalue weighted by molar-refractivity contribution is 6.20. The standard InChI is InChI=1S/C18H18O3/c1-3-13-7-9-14(10-8-13)11-17(18(19)20)15-5-4-6-16(12-15)21-2/h4-12H,3H2,1-2H3,(H,19,20)/b17-11+. The molecule has 0 fully saturated rings. The van der Waals surface area contributed by atoms with Gasteiger partial charge in [-0.15, -0.1) is 0 Å². The second-order valence-corrected chi connectivity index (χ2v) is 4.69. The molecule has 0 bridgehead atoms. The Morgan fingerprint density at radius 2 is 1.90 bits per heavy atom. The Morgan fingerprint density at radius 1 is 1.19 bits per heavy atom. The first-order valence-electron chi connectivity index (χ1n) is 6.82. The van der Waals surface area contributed by atoms with Crippen molar-refractivity contribution in [3.8, 4) is 5.75 Å². The van der Waals surface area contributed by atoms with Crippen molar-refractivity contribution < 1.29 is 14.6 Å². The Morgan fingerprint density at radius 3 is 2.48 bits per heavy atom. The van der Waals surface area contributed by atoms with Crippen molar-refractivity contribution in [2.45, 2.75) is 13.3 Å². The van der Waals surface area contributed by atoms with Gasteiger partial charge in [0.15, 0.2) is 0 Å². The molecule has 2 aromatic carbocycles. The van der Waals surface area contributed by atoms with Gasteiger partial charge in [0, 0.05) is 0 Å². The van der Waals surface area contributed by atoms with Gasteiger partial charge in [0.25, 0.3) is 0 Å². The van der Waals surface area contributed by atoms with Gasteiger partial charge in [-0.25, -0.2) is 4.79 Å². The third-order valence-electron chi connectivity index (χ3n) is 3.31. The van der Waals surface area contributed by atoms with Crippen molar-refractivity contribution >= 4 is 17.6 Å². The number of rotatable bonds is 5. The summed E-state index contributed by atoms with van der Waals surface area (Å²) in [5, 5.41) is 9.44. The van der Waals surface area contributed by atoms with E-state index in [4.69, 9.17) is 4.74 Å². The summed E-state index contributed by atoms with van der Waals surface area (Å²) in [6, 6.07) is 14.9. The Hall–Kier alpha value is -2.55. The van der Waals surface area contributed by atoms with Crippen LogP contribution in [0.2, 0.25) is 0 Å². The molecule has 0 atom stereocenters. The van der Waals surface area contributed by atoms with Crippen LogP contribution >= 0.6 is 0 Å². The summed E-state index contributed by atoms with van der Waals surface area (Å²) in [6.07, 6.45) is 2.64. The fourth-order valence-electron chi connectivity index (χ4n) is 2.08. The number of aliphatic carboxylic acids is 1.